The van der Waals surface area contributed by atoms with Crippen LogP contribution in [0.25, 0.3) is 11.8 Å². The normalized spacial score (nSPS) is 10.9. The standard InChI is InChI=1S/C19H16FN3O/c20-17-7-2-15(3-8-17)6-11-19(24)21-14-16-4-9-18(10-5-16)23-13-1-12-22-23/h1-13H,14H2,(H,21,24). The third-order valence-electron chi connectivity index (χ3n) is 3.47. The van der Waals surface area contributed by atoms with Gasteiger partial charge in [-0.25, -0.2) is 9.07 Å². The predicted molar refractivity (Wildman–Crippen MR) is 90.8 cm³/mol. The van der Waals surface area contributed by atoms with Gasteiger partial charge < -0.3 is 5.32 Å². The van der Waals surface area contributed by atoms with Crippen LogP contribution in [-0.2, 0) is 11.3 Å². The zero-order chi connectivity index (χ0) is 16.8. The van der Waals surface area contributed by atoms with E-state index in [-0.39, 0.29) is 11.7 Å². The summed E-state index contributed by atoms with van der Waals surface area (Å²) in [5.74, 6) is -0.495. The maximum absolute atomic E-state index is 12.8. The van der Waals surface area contributed by atoms with Crippen LogP contribution in [0, 0.1) is 5.82 Å². The first kappa shape index (κ1) is 15.7. The van der Waals surface area contributed by atoms with Gasteiger partial charge in [0.15, 0.2) is 0 Å². The summed E-state index contributed by atoms with van der Waals surface area (Å²) in [5.41, 5.74) is 2.73. The van der Waals surface area contributed by atoms with Crippen LogP contribution in [0.15, 0.2) is 73.1 Å². The Balaban J connectivity index is 1.53. The molecule has 0 unspecified atom stereocenters. The Kier molecular flexibility index (Phi) is 4.81. The van der Waals surface area contributed by atoms with Crippen LogP contribution in [0.2, 0.25) is 0 Å². The molecule has 120 valence electrons. The first-order valence-electron chi connectivity index (χ1n) is 7.51. The molecular formula is C19H16FN3O. The molecule has 0 aliphatic heterocycles. The molecule has 1 N–H and O–H groups in total. The van der Waals surface area contributed by atoms with Gasteiger partial charge in [-0.2, -0.15) is 5.10 Å². The number of carbonyl (C=O) groups is 1. The van der Waals surface area contributed by atoms with Crippen molar-refractivity contribution in [3.8, 4) is 5.69 Å². The van der Waals surface area contributed by atoms with Gasteiger partial charge in [0.1, 0.15) is 5.82 Å². The van der Waals surface area contributed by atoms with Crippen molar-refractivity contribution in [3.05, 3.63) is 90.0 Å². The fourth-order valence-electron chi connectivity index (χ4n) is 2.18. The molecule has 1 heterocycles. The van der Waals surface area contributed by atoms with Crippen LogP contribution >= 0.6 is 0 Å². The summed E-state index contributed by atoms with van der Waals surface area (Å²) in [6, 6.07) is 15.6. The Morgan fingerprint density at radius 1 is 1.12 bits per heavy atom. The molecule has 0 saturated heterocycles. The number of rotatable bonds is 5. The lowest BCUT2D eigenvalue weighted by Gasteiger charge is -2.05. The highest BCUT2D eigenvalue weighted by Crippen LogP contribution is 2.08. The van der Waals surface area contributed by atoms with E-state index in [1.54, 1.807) is 29.1 Å². The maximum atomic E-state index is 12.8. The molecule has 0 aliphatic carbocycles. The van der Waals surface area contributed by atoms with Crippen molar-refractivity contribution in [2.75, 3.05) is 0 Å². The molecule has 0 radical (unpaired) electrons. The zero-order valence-corrected chi connectivity index (χ0v) is 12.9. The van der Waals surface area contributed by atoms with Gasteiger partial charge in [0.05, 0.1) is 5.69 Å². The van der Waals surface area contributed by atoms with Crippen molar-refractivity contribution < 1.29 is 9.18 Å². The molecule has 0 fully saturated rings. The fourth-order valence-corrected chi connectivity index (χ4v) is 2.18. The lowest BCUT2D eigenvalue weighted by atomic mass is 10.2. The maximum Gasteiger partial charge on any atom is 0.244 e. The van der Waals surface area contributed by atoms with Crippen LogP contribution in [-0.4, -0.2) is 15.7 Å². The molecule has 0 saturated carbocycles. The van der Waals surface area contributed by atoms with Crippen LogP contribution in [0.1, 0.15) is 11.1 Å². The van der Waals surface area contributed by atoms with E-state index in [1.165, 1.54) is 18.2 Å². The van der Waals surface area contributed by atoms with Gasteiger partial charge in [-0.1, -0.05) is 24.3 Å². The lowest BCUT2D eigenvalue weighted by molar-refractivity contribution is -0.116. The molecule has 0 atom stereocenters. The van der Waals surface area contributed by atoms with E-state index in [1.807, 2.05) is 36.5 Å². The van der Waals surface area contributed by atoms with E-state index >= 15 is 0 Å². The molecular weight excluding hydrogens is 305 g/mol. The molecule has 4 nitrogen and oxygen atoms in total. The van der Waals surface area contributed by atoms with Crippen molar-refractivity contribution >= 4 is 12.0 Å². The monoisotopic (exact) mass is 321 g/mol. The molecule has 1 aromatic heterocycles. The highest BCUT2D eigenvalue weighted by molar-refractivity contribution is 5.91. The van der Waals surface area contributed by atoms with Crippen molar-refractivity contribution in [2.45, 2.75) is 6.54 Å². The van der Waals surface area contributed by atoms with Crippen molar-refractivity contribution in [1.29, 1.82) is 0 Å². The Morgan fingerprint density at radius 2 is 1.88 bits per heavy atom. The van der Waals surface area contributed by atoms with E-state index in [2.05, 4.69) is 10.4 Å². The average Bonchev–Trinajstić information content (AvgIpc) is 3.14. The Bertz CT molecular complexity index is 822. The first-order valence-corrected chi connectivity index (χ1v) is 7.51. The summed E-state index contributed by atoms with van der Waals surface area (Å²) in [7, 11) is 0. The van der Waals surface area contributed by atoms with Gasteiger partial charge in [-0.3, -0.25) is 4.79 Å². The van der Waals surface area contributed by atoms with Gasteiger partial charge in [0.25, 0.3) is 0 Å². The van der Waals surface area contributed by atoms with Crippen LogP contribution in [0.3, 0.4) is 0 Å². The van der Waals surface area contributed by atoms with E-state index in [9.17, 15) is 9.18 Å². The van der Waals surface area contributed by atoms with Gasteiger partial charge in [-0.15, -0.1) is 0 Å². The molecule has 0 bridgehead atoms. The lowest BCUT2D eigenvalue weighted by Crippen LogP contribution is -2.20. The molecule has 0 aliphatic rings. The van der Waals surface area contributed by atoms with E-state index < -0.39 is 0 Å². The molecule has 3 rings (SSSR count). The van der Waals surface area contributed by atoms with Crippen LogP contribution in [0.4, 0.5) is 4.39 Å². The minimum absolute atomic E-state index is 0.199. The van der Waals surface area contributed by atoms with Crippen LogP contribution < -0.4 is 5.32 Å². The Labute approximate surface area is 139 Å². The van der Waals surface area contributed by atoms with Crippen molar-refractivity contribution in [3.63, 3.8) is 0 Å². The molecule has 24 heavy (non-hydrogen) atoms. The third-order valence-corrected chi connectivity index (χ3v) is 3.47. The number of hydrogen-bond donors (Lipinski definition) is 1. The van der Waals surface area contributed by atoms with Gasteiger partial charge in [0, 0.05) is 25.0 Å². The number of carbonyl (C=O) groups excluding carboxylic acids is 1. The fraction of sp³-hybridized carbons (Fsp3) is 0.0526. The summed E-state index contributed by atoms with van der Waals surface area (Å²) in [6.07, 6.45) is 6.68. The minimum Gasteiger partial charge on any atom is -0.348 e. The smallest absolute Gasteiger partial charge is 0.244 e. The number of halogens is 1. The first-order chi connectivity index (χ1) is 11.7. The number of hydrogen-bond acceptors (Lipinski definition) is 2. The Morgan fingerprint density at radius 3 is 2.54 bits per heavy atom. The zero-order valence-electron chi connectivity index (χ0n) is 12.9. The number of amides is 1. The highest BCUT2D eigenvalue weighted by Gasteiger charge is 1.99. The second-order valence-corrected chi connectivity index (χ2v) is 5.22. The molecule has 2 aromatic carbocycles. The van der Waals surface area contributed by atoms with E-state index in [0.29, 0.717) is 6.54 Å². The quantitative estimate of drug-likeness (QED) is 0.733. The number of benzene rings is 2. The third kappa shape index (κ3) is 4.16. The molecule has 1 amide bonds. The second-order valence-electron chi connectivity index (χ2n) is 5.22. The van der Waals surface area contributed by atoms with E-state index in [0.717, 1.165) is 16.8 Å². The Hall–Kier alpha value is -3.21. The van der Waals surface area contributed by atoms with Crippen LogP contribution in [0.5, 0.6) is 0 Å². The van der Waals surface area contributed by atoms with Gasteiger partial charge >= 0.3 is 0 Å². The number of nitrogens with one attached hydrogen (secondary N) is 1. The highest BCUT2D eigenvalue weighted by atomic mass is 19.1. The molecule has 3 aromatic rings. The summed E-state index contributed by atoms with van der Waals surface area (Å²) in [5, 5.41) is 6.98. The SMILES string of the molecule is O=C(C=Cc1ccc(F)cc1)NCc1ccc(-n2cccn2)cc1. The largest absolute Gasteiger partial charge is 0.348 e. The topological polar surface area (TPSA) is 46.9 Å². The average molecular weight is 321 g/mol. The predicted octanol–water partition coefficient (Wildman–Crippen LogP) is 3.34. The van der Waals surface area contributed by atoms with Gasteiger partial charge in [-0.05, 0) is 47.5 Å². The molecule has 5 heteroatoms. The summed E-state index contributed by atoms with van der Waals surface area (Å²) >= 11 is 0. The van der Waals surface area contributed by atoms with Crippen molar-refractivity contribution in [2.24, 2.45) is 0 Å². The summed E-state index contributed by atoms with van der Waals surface area (Å²) < 4.78 is 14.6. The number of aromatic nitrogens is 2. The van der Waals surface area contributed by atoms with E-state index in [4.69, 9.17) is 0 Å². The van der Waals surface area contributed by atoms with Crippen molar-refractivity contribution in [1.82, 2.24) is 15.1 Å². The molecule has 0 spiro atoms. The number of nitrogens with zero attached hydrogens (tertiary/aromatic N) is 2. The second kappa shape index (κ2) is 7.37. The minimum atomic E-state index is -0.296. The summed E-state index contributed by atoms with van der Waals surface area (Å²) in [4.78, 5) is 11.8. The van der Waals surface area contributed by atoms with Gasteiger partial charge in [0.2, 0.25) is 5.91 Å². The summed E-state index contributed by atoms with van der Waals surface area (Å²) in [6.45, 7) is 0.436.